The molecular formula is C21H29N5O4S. The van der Waals surface area contributed by atoms with Gasteiger partial charge in [-0.1, -0.05) is 6.07 Å². The van der Waals surface area contributed by atoms with Crippen LogP contribution in [-0.2, 0) is 21.2 Å². The monoisotopic (exact) mass is 447 g/mol. The van der Waals surface area contributed by atoms with Crippen LogP contribution >= 0.6 is 0 Å². The molecule has 4 rings (SSSR count). The normalized spacial score (nSPS) is 22.3. The van der Waals surface area contributed by atoms with E-state index in [9.17, 15) is 13.2 Å². The Kier molecular flexibility index (Phi) is 5.83. The molecule has 1 amide bonds. The summed E-state index contributed by atoms with van der Waals surface area (Å²) in [6.45, 7) is 3.80. The smallest absolute Gasteiger partial charge is 0.407 e. The average molecular weight is 448 g/mol. The fourth-order valence-electron chi connectivity index (χ4n) is 4.27. The molecule has 1 aliphatic carbocycles. The third-order valence-electron chi connectivity index (χ3n) is 5.88. The summed E-state index contributed by atoms with van der Waals surface area (Å²) in [6, 6.07) is 7.62. The van der Waals surface area contributed by atoms with Gasteiger partial charge in [-0.15, -0.1) is 0 Å². The van der Waals surface area contributed by atoms with Crippen LogP contribution in [0.25, 0.3) is 0 Å². The number of fused-ring (bicyclic) bond motifs is 1. The lowest BCUT2D eigenvalue weighted by Gasteiger charge is -2.28. The summed E-state index contributed by atoms with van der Waals surface area (Å²) in [5.74, 6) is 1.02. The number of nitrogens with one attached hydrogen (secondary N) is 3. The Labute approximate surface area is 182 Å². The van der Waals surface area contributed by atoms with Crippen LogP contribution in [0.5, 0.6) is 0 Å². The van der Waals surface area contributed by atoms with Gasteiger partial charge in [0, 0.05) is 42.0 Å². The Hall–Kier alpha value is -2.75. The van der Waals surface area contributed by atoms with Gasteiger partial charge in [-0.3, -0.25) is 9.40 Å². The minimum atomic E-state index is -3.25. The molecule has 2 heterocycles. The quantitative estimate of drug-likeness (QED) is 0.648. The maximum absolute atomic E-state index is 12.2. The highest BCUT2D eigenvalue weighted by atomic mass is 32.2. The van der Waals surface area contributed by atoms with Gasteiger partial charge in [0.05, 0.1) is 11.4 Å². The van der Waals surface area contributed by atoms with E-state index in [1.54, 1.807) is 7.05 Å². The van der Waals surface area contributed by atoms with Gasteiger partial charge in [-0.05, 0) is 51.7 Å². The Morgan fingerprint density at radius 3 is 2.90 bits per heavy atom. The molecule has 1 aromatic heterocycles. The second-order valence-electron chi connectivity index (χ2n) is 8.51. The topological polar surface area (TPSA) is 116 Å². The number of hydrogen-bond acceptors (Lipinski definition) is 6. The predicted octanol–water partition coefficient (Wildman–Crippen LogP) is 3.25. The van der Waals surface area contributed by atoms with E-state index >= 15 is 0 Å². The van der Waals surface area contributed by atoms with Crippen molar-refractivity contribution >= 4 is 33.3 Å². The first-order valence-corrected chi connectivity index (χ1v) is 12.2. The van der Waals surface area contributed by atoms with Gasteiger partial charge in [0.2, 0.25) is 10.0 Å². The van der Waals surface area contributed by atoms with E-state index in [2.05, 4.69) is 20.8 Å². The number of sulfonamides is 1. The number of ether oxygens (including phenoxy) is 1. The summed E-state index contributed by atoms with van der Waals surface area (Å²) in [7, 11) is -1.66. The average Bonchev–Trinajstić information content (AvgIpc) is 3.34. The highest BCUT2D eigenvalue weighted by molar-refractivity contribution is 7.92. The van der Waals surface area contributed by atoms with Crippen molar-refractivity contribution in [2.75, 3.05) is 22.4 Å². The zero-order chi connectivity index (χ0) is 22.2. The van der Waals surface area contributed by atoms with E-state index in [4.69, 9.17) is 4.74 Å². The van der Waals surface area contributed by atoms with Crippen LogP contribution in [0.2, 0.25) is 0 Å². The minimum absolute atomic E-state index is 0.0505. The zero-order valence-electron chi connectivity index (χ0n) is 18.0. The van der Waals surface area contributed by atoms with Gasteiger partial charge in [0.25, 0.3) is 0 Å². The van der Waals surface area contributed by atoms with E-state index in [-0.39, 0.29) is 29.9 Å². The van der Waals surface area contributed by atoms with Crippen LogP contribution in [0, 0.1) is 0 Å². The molecule has 1 saturated carbocycles. The number of anilines is 3. The van der Waals surface area contributed by atoms with Gasteiger partial charge in [0.15, 0.2) is 5.82 Å². The van der Waals surface area contributed by atoms with Crippen molar-refractivity contribution in [1.82, 2.24) is 15.5 Å². The molecule has 0 saturated heterocycles. The van der Waals surface area contributed by atoms with Gasteiger partial charge in [-0.2, -0.15) is 5.10 Å². The van der Waals surface area contributed by atoms with Gasteiger partial charge < -0.3 is 15.4 Å². The van der Waals surface area contributed by atoms with Crippen LogP contribution in [0.4, 0.5) is 22.0 Å². The molecule has 1 aromatic carbocycles. The highest BCUT2D eigenvalue weighted by Gasteiger charge is 2.31. The Balaban J connectivity index is 1.42. The first-order chi connectivity index (χ1) is 14.7. The fourth-order valence-corrected chi connectivity index (χ4v) is 5.47. The third-order valence-corrected chi connectivity index (χ3v) is 7.63. The Morgan fingerprint density at radius 1 is 1.32 bits per heavy atom. The number of aromatic nitrogens is 2. The molecular weight excluding hydrogens is 418 g/mol. The summed E-state index contributed by atoms with van der Waals surface area (Å²) in [5, 5.41) is 13.6. The van der Waals surface area contributed by atoms with E-state index in [1.807, 2.05) is 38.1 Å². The largest absolute Gasteiger partial charge is 0.446 e. The summed E-state index contributed by atoms with van der Waals surface area (Å²) in [4.78, 5) is 11.8. The van der Waals surface area contributed by atoms with E-state index < -0.39 is 10.0 Å². The number of alkyl carbamates (subject to hydrolysis) is 1. The van der Waals surface area contributed by atoms with E-state index in [0.29, 0.717) is 17.9 Å². The first kappa shape index (κ1) is 21.5. The molecule has 3 N–H and O–H groups in total. The number of hydrogen-bond donors (Lipinski definition) is 3. The van der Waals surface area contributed by atoms with E-state index in [1.165, 1.54) is 4.31 Å². The third kappa shape index (κ3) is 4.63. The second-order valence-corrected chi connectivity index (χ2v) is 10.6. The van der Waals surface area contributed by atoms with Crippen LogP contribution in [-0.4, -0.2) is 49.7 Å². The molecule has 0 radical (unpaired) electrons. The minimum Gasteiger partial charge on any atom is -0.446 e. The lowest BCUT2D eigenvalue weighted by atomic mass is 10.0. The SMILES string of the molecule is CC(C)NC(=O)O[C@@H]1CC[C@H](c2cc(Nc3cccc4c3CCS(=O)(=O)N4C)n[nH]2)C1. The zero-order valence-corrected chi connectivity index (χ0v) is 18.8. The van der Waals surface area contributed by atoms with Crippen molar-refractivity contribution in [3.8, 4) is 0 Å². The number of nitrogens with zero attached hydrogens (tertiary/aromatic N) is 2. The molecule has 0 bridgehead atoms. The van der Waals surface area contributed by atoms with Crippen molar-refractivity contribution in [3.05, 3.63) is 35.5 Å². The predicted molar refractivity (Wildman–Crippen MR) is 119 cm³/mol. The lowest BCUT2D eigenvalue weighted by molar-refractivity contribution is 0.0981. The van der Waals surface area contributed by atoms with Gasteiger partial charge in [0.1, 0.15) is 6.10 Å². The molecule has 2 aliphatic rings. The number of carbonyl (C=O) groups excluding carboxylic acids is 1. The highest BCUT2D eigenvalue weighted by Crippen LogP contribution is 2.37. The molecule has 9 nitrogen and oxygen atoms in total. The van der Waals surface area contributed by atoms with Crippen molar-refractivity contribution in [1.29, 1.82) is 0 Å². The number of H-pyrrole nitrogens is 1. The maximum Gasteiger partial charge on any atom is 0.407 e. The molecule has 2 aromatic rings. The maximum atomic E-state index is 12.2. The van der Waals surface area contributed by atoms with Crippen LogP contribution in [0.15, 0.2) is 24.3 Å². The molecule has 10 heteroatoms. The van der Waals surface area contributed by atoms with Gasteiger partial charge in [-0.25, -0.2) is 13.2 Å². The lowest BCUT2D eigenvalue weighted by Crippen LogP contribution is -2.34. The number of carbonyl (C=O) groups is 1. The van der Waals surface area contributed by atoms with Crippen LogP contribution in [0.3, 0.4) is 0 Å². The molecule has 1 fully saturated rings. The molecule has 1 aliphatic heterocycles. The summed E-state index contributed by atoms with van der Waals surface area (Å²) in [5.41, 5.74) is 3.52. The summed E-state index contributed by atoms with van der Waals surface area (Å²) in [6.07, 6.45) is 2.50. The van der Waals surface area contributed by atoms with Crippen molar-refractivity contribution in [3.63, 3.8) is 0 Å². The van der Waals surface area contributed by atoms with Gasteiger partial charge >= 0.3 is 6.09 Å². The van der Waals surface area contributed by atoms with Crippen LogP contribution in [0.1, 0.15) is 50.3 Å². The summed E-state index contributed by atoms with van der Waals surface area (Å²) < 4.78 is 31.2. The van der Waals surface area contributed by atoms with Crippen LogP contribution < -0.4 is 14.9 Å². The van der Waals surface area contributed by atoms with Crippen molar-refractivity contribution < 1.29 is 17.9 Å². The first-order valence-electron chi connectivity index (χ1n) is 10.6. The Bertz CT molecular complexity index is 1070. The molecule has 0 unspecified atom stereocenters. The number of rotatable bonds is 5. The van der Waals surface area contributed by atoms with E-state index in [0.717, 1.165) is 36.2 Å². The second kappa shape index (κ2) is 8.41. The summed E-state index contributed by atoms with van der Waals surface area (Å²) >= 11 is 0. The molecule has 31 heavy (non-hydrogen) atoms. The number of amides is 1. The standard InChI is InChI=1S/C21H29N5O4S/c1-13(2)22-21(27)30-15-8-7-14(11-15)18-12-20(25-24-18)23-17-5-4-6-19-16(17)9-10-31(28,29)26(19)3/h4-6,12-15H,7-11H2,1-3H3,(H,22,27)(H2,23,24,25)/t14-,15+/m0/s1. The molecule has 2 atom stereocenters. The number of aromatic amines is 1. The molecule has 0 spiro atoms. The fraction of sp³-hybridized carbons (Fsp3) is 0.524. The number of benzene rings is 1. The van der Waals surface area contributed by atoms with Crippen molar-refractivity contribution in [2.45, 2.75) is 57.6 Å². The van der Waals surface area contributed by atoms with Crippen molar-refractivity contribution in [2.24, 2.45) is 0 Å². The Morgan fingerprint density at radius 2 is 2.13 bits per heavy atom. The molecule has 168 valence electrons.